The minimum atomic E-state index is -1.50. The molecule has 112 valence electrons. The van der Waals surface area contributed by atoms with Crippen LogP contribution >= 0.6 is 0 Å². The lowest BCUT2D eigenvalue weighted by Crippen LogP contribution is -2.55. The number of aromatic nitrogens is 3. The summed E-state index contributed by atoms with van der Waals surface area (Å²) in [6.07, 6.45) is 0. The van der Waals surface area contributed by atoms with E-state index < -0.39 is 17.4 Å². The van der Waals surface area contributed by atoms with Gasteiger partial charge in [0.2, 0.25) is 0 Å². The number of aryl methyl sites for hydroxylation is 1. The number of hydrogen-bond acceptors (Lipinski definition) is 5. The van der Waals surface area contributed by atoms with Crippen molar-refractivity contribution in [3.05, 3.63) is 23.8 Å². The Labute approximate surface area is 120 Å². The van der Waals surface area contributed by atoms with Gasteiger partial charge in [-0.05, 0) is 25.1 Å². The predicted molar refractivity (Wildman–Crippen MR) is 73.9 cm³/mol. The molecule has 8 heteroatoms. The molecule has 0 aliphatic heterocycles. The zero-order chi connectivity index (χ0) is 15.6. The van der Waals surface area contributed by atoms with Crippen LogP contribution in [0.15, 0.2) is 18.2 Å². The number of carboxylic acid groups (broad SMARTS) is 1. The molecule has 0 spiro atoms. The zero-order valence-electron chi connectivity index (χ0n) is 12.0. The minimum absolute atomic E-state index is 0.137. The van der Waals surface area contributed by atoms with Crippen molar-refractivity contribution in [2.75, 3.05) is 13.7 Å². The normalized spacial score (nSPS) is 13.9. The summed E-state index contributed by atoms with van der Waals surface area (Å²) in [7, 11) is 3.12. The van der Waals surface area contributed by atoms with Crippen molar-refractivity contribution in [2.24, 2.45) is 7.05 Å². The summed E-state index contributed by atoms with van der Waals surface area (Å²) in [5.74, 6) is -1.68. The van der Waals surface area contributed by atoms with E-state index >= 15 is 0 Å². The molecule has 2 aromatic rings. The van der Waals surface area contributed by atoms with Gasteiger partial charge in [-0.25, -0.2) is 9.48 Å². The zero-order valence-corrected chi connectivity index (χ0v) is 12.0. The van der Waals surface area contributed by atoms with Gasteiger partial charge in [-0.15, -0.1) is 5.10 Å². The van der Waals surface area contributed by atoms with Crippen molar-refractivity contribution in [2.45, 2.75) is 12.5 Å². The Hall–Kier alpha value is -2.48. The first-order valence-electron chi connectivity index (χ1n) is 6.21. The SMILES string of the molecule is COCC(C)(NC(=O)c1ccc2c(c1)nnn2C)C(=O)O. The van der Waals surface area contributed by atoms with Crippen molar-refractivity contribution in [1.29, 1.82) is 0 Å². The smallest absolute Gasteiger partial charge is 0.331 e. The Morgan fingerprint density at radius 2 is 2.19 bits per heavy atom. The number of fused-ring (bicyclic) bond motifs is 1. The molecular weight excluding hydrogens is 276 g/mol. The van der Waals surface area contributed by atoms with Crippen LogP contribution in [0.4, 0.5) is 0 Å². The molecule has 2 N–H and O–H groups in total. The third-order valence-electron chi connectivity index (χ3n) is 3.17. The molecule has 2 rings (SSSR count). The molecule has 0 fully saturated rings. The van der Waals surface area contributed by atoms with Crippen LogP contribution in [-0.4, -0.2) is 51.2 Å². The molecule has 0 bridgehead atoms. The molecule has 8 nitrogen and oxygen atoms in total. The first-order chi connectivity index (χ1) is 9.87. The molecule has 0 aliphatic carbocycles. The molecule has 1 amide bonds. The molecule has 21 heavy (non-hydrogen) atoms. The maximum atomic E-state index is 12.2. The molecule has 1 unspecified atom stereocenters. The predicted octanol–water partition coefficient (Wildman–Crippen LogP) is 0.188. The van der Waals surface area contributed by atoms with E-state index in [0.717, 1.165) is 5.52 Å². The van der Waals surface area contributed by atoms with Crippen LogP contribution in [0, 0.1) is 0 Å². The second-order valence-electron chi connectivity index (χ2n) is 4.94. The van der Waals surface area contributed by atoms with E-state index in [1.807, 2.05) is 0 Å². The van der Waals surface area contributed by atoms with E-state index in [2.05, 4.69) is 15.6 Å². The fourth-order valence-corrected chi connectivity index (χ4v) is 1.94. The van der Waals surface area contributed by atoms with Gasteiger partial charge in [-0.2, -0.15) is 0 Å². The highest BCUT2D eigenvalue weighted by atomic mass is 16.5. The van der Waals surface area contributed by atoms with Gasteiger partial charge in [0.05, 0.1) is 12.1 Å². The van der Waals surface area contributed by atoms with Gasteiger partial charge < -0.3 is 15.2 Å². The molecule has 0 saturated carbocycles. The molecule has 1 aromatic heterocycles. The van der Waals surface area contributed by atoms with Crippen LogP contribution in [0.2, 0.25) is 0 Å². The van der Waals surface area contributed by atoms with Crippen LogP contribution in [-0.2, 0) is 16.6 Å². The molecule has 0 radical (unpaired) electrons. The van der Waals surface area contributed by atoms with Crippen LogP contribution in [0.5, 0.6) is 0 Å². The third-order valence-corrected chi connectivity index (χ3v) is 3.17. The van der Waals surface area contributed by atoms with Gasteiger partial charge in [0.15, 0.2) is 5.54 Å². The summed E-state index contributed by atoms with van der Waals surface area (Å²) < 4.78 is 6.44. The summed E-state index contributed by atoms with van der Waals surface area (Å²) in [5, 5.41) is 19.4. The number of benzene rings is 1. The van der Waals surface area contributed by atoms with Gasteiger partial charge in [-0.3, -0.25) is 4.79 Å². The van der Waals surface area contributed by atoms with Crippen molar-refractivity contribution in [3.63, 3.8) is 0 Å². The number of amides is 1. The number of hydrogen-bond donors (Lipinski definition) is 2. The van der Waals surface area contributed by atoms with Crippen molar-refractivity contribution in [1.82, 2.24) is 20.3 Å². The van der Waals surface area contributed by atoms with E-state index in [9.17, 15) is 14.7 Å². The van der Waals surface area contributed by atoms with Gasteiger partial charge in [0.25, 0.3) is 5.91 Å². The quantitative estimate of drug-likeness (QED) is 0.814. The Morgan fingerprint density at radius 1 is 1.48 bits per heavy atom. The van der Waals surface area contributed by atoms with Crippen LogP contribution in [0.3, 0.4) is 0 Å². The maximum absolute atomic E-state index is 12.2. The van der Waals surface area contributed by atoms with Crippen molar-refractivity contribution in [3.8, 4) is 0 Å². The van der Waals surface area contributed by atoms with E-state index in [4.69, 9.17) is 4.74 Å². The van der Waals surface area contributed by atoms with E-state index in [-0.39, 0.29) is 6.61 Å². The summed E-state index contributed by atoms with van der Waals surface area (Å²) >= 11 is 0. The van der Waals surface area contributed by atoms with Crippen molar-refractivity contribution >= 4 is 22.9 Å². The second kappa shape index (κ2) is 5.49. The topological polar surface area (TPSA) is 106 Å². The standard InChI is InChI=1S/C13H16N4O4/c1-13(7-21-3,12(19)20)14-11(18)8-4-5-10-9(6-8)15-16-17(10)2/h4-6H,7H2,1-3H3,(H,14,18)(H,19,20). The fourth-order valence-electron chi connectivity index (χ4n) is 1.94. The lowest BCUT2D eigenvalue weighted by Gasteiger charge is -2.25. The van der Waals surface area contributed by atoms with Gasteiger partial charge in [-0.1, -0.05) is 5.21 Å². The Kier molecular flexibility index (Phi) is 3.90. The molecule has 0 aliphatic rings. The first-order valence-corrected chi connectivity index (χ1v) is 6.21. The number of methoxy groups -OCH3 is 1. The molecule has 1 atom stereocenters. The van der Waals surface area contributed by atoms with Gasteiger partial charge in [0, 0.05) is 19.7 Å². The maximum Gasteiger partial charge on any atom is 0.331 e. The monoisotopic (exact) mass is 292 g/mol. The average Bonchev–Trinajstić information content (AvgIpc) is 2.80. The first kappa shape index (κ1) is 14.9. The minimum Gasteiger partial charge on any atom is -0.479 e. The number of ether oxygens (including phenoxy) is 1. The van der Waals surface area contributed by atoms with Crippen LogP contribution in [0.1, 0.15) is 17.3 Å². The van der Waals surface area contributed by atoms with Crippen LogP contribution < -0.4 is 5.32 Å². The Balaban J connectivity index is 2.27. The van der Waals surface area contributed by atoms with Crippen LogP contribution in [0.25, 0.3) is 11.0 Å². The van der Waals surface area contributed by atoms with Crippen molar-refractivity contribution < 1.29 is 19.4 Å². The Bertz CT molecular complexity index is 697. The lowest BCUT2D eigenvalue weighted by molar-refractivity contribution is -0.145. The highest BCUT2D eigenvalue weighted by Gasteiger charge is 2.35. The number of carbonyl (C=O) groups excluding carboxylic acids is 1. The molecule has 1 aromatic carbocycles. The third kappa shape index (κ3) is 2.84. The summed E-state index contributed by atoms with van der Waals surface area (Å²) in [5.41, 5.74) is 0.160. The fraction of sp³-hybridized carbons (Fsp3) is 0.385. The number of carboxylic acids is 1. The Morgan fingerprint density at radius 3 is 2.81 bits per heavy atom. The summed E-state index contributed by atoms with van der Waals surface area (Å²) in [6.45, 7) is 1.25. The highest BCUT2D eigenvalue weighted by molar-refractivity contribution is 6.00. The number of nitrogens with one attached hydrogen (secondary N) is 1. The number of rotatable bonds is 5. The number of carbonyl (C=O) groups is 2. The molecule has 1 heterocycles. The largest absolute Gasteiger partial charge is 0.479 e. The van der Waals surface area contributed by atoms with Gasteiger partial charge in [0.1, 0.15) is 5.52 Å². The van der Waals surface area contributed by atoms with Gasteiger partial charge >= 0.3 is 5.97 Å². The molecular formula is C13H16N4O4. The average molecular weight is 292 g/mol. The number of nitrogens with zero attached hydrogens (tertiary/aromatic N) is 3. The number of aliphatic carboxylic acids is 1. The lowest BCUT2D eigenvalue weighted by atomic mass is 10.0. The molecule has 0 saturated heterocycles. The highest BCUT2D eigenvalue weighted by Crippen LogP contribution is 2.14. The summed E-state index contributed by atoms with van der Waals surface area (Å²) in [6, 6.07) is 4.86. The van der Waals surface area contributed by atoms with E-state index in [1.165, 1.54) is 14.0 Å². The second-order valence-corrected chi connectivity index (χ2v) is 4.94. The van der Waals surface area contributed by atoms with E-state index in [0.29, 0.717) is 11.1 Å². The van der Waals surface area contributed by atoms with E-state index in [1.54, 1.807) is 29.9 Å². The summed E-state index contributed by atoms with van der Waals surface area (Å²) in [4.78, 5) is 23.5.